The van der Waals surface area contributed by atoms with E-state index in [2.05, 4.69) is 29.0 Å². The van der Waals surface area contributed by atoms with Crippen LogP contribution < -0.4 is 5.32 Å². The molecule has 0 spiro atoms. The van der Waals surface area contributed by atoms with Gasteiger partial charge in [0.25, 0.3) is 0 Å². The lowest BCUT2D eigenvalue weighted by Gasteiger charge is -2.35. The Hall–Kier alpha value is -0.160. The van der Waals surface area contributed by atoms with E-state index in [-0.39, 0.29) is 0 Å². The van der Waals surface area contributed by atoms with Gasteiger partial charge in [-0.15, -0.1) is 0 Å². The maximum absolute atomic E-state index is 5.39. The SMILES string of the molecule is CC1(C)CCN(CCN2CCOCC2)CCCN1. The minimum Gasteiger partial charge on any atom is -0.379 e. The van der Waals surface area contributed by atoms with Gasteiger partial charge in [-0.25, -0.2) is 0 Å². The van der Waals surface area contributed by atoms with Gasteiger partial charge in [-0.2, -0.15) is 0 Å². The highest BCUT2D eigenvalue weighted by Gasteiger charge is 2.21. The molecule has 2 rings (SSSR count). The van der Waals surface area contributed by atoms with Gasteiger partial charge in [-0.1, -0.05) is 0 Å². The molecule has 0 atom stereocenters. The van der Waals surface area contributed by atoms with Crippen LogP contribution in [0.2, 0.25) is 0 Å². The van der Waals surface area contributed by atoms with E-state index in [1.807, 2.05) is 0 Å². The summed E-state index contributed by atoms with van der Waals surface area (Å²) in [6.45, 7) is 14.7. The molecule has 2 saturated heterocycles. The number of nitrogens with zero attached hydrogens (tertiary/aromatic N) is 2. The summed E-state index contributed by atoms with van der Waals surface area (Å²) in [7, 11) is 0. The van der Waals surface area contributed by atoms with Gasteiger partial charge in [0, 0.05) is 31.7 Å². The summed E-state index contributed by atoms with van der Waals surface area (Å²) in [5.74, 6) is 0. The molecular formula is C14H29N3O. The monoisotopic (exact) mass is 255 g/mol. The van der Waals surface area contributed by atoms with Gasteiger partial charge < -0.3 is 15.0 Å². The van der Waals surface area contributed by atoms with Crippen LogP contribution in [0, 0.1) is 0 Å². The first-order valence-electron chi connectivity index (χ1n) is 7.43. The Morgan fingerprint density at radius 2 is 1.67 bits per heavy atom. The van der Waals surface area contributed by atoms with E-state index < -0.39 is 0 Å². The highest BCUT2D eigenvalue weighted by atomic mass is 16.5. The Kier molecular flexibility index (Phi) is 5.42. The number of morpholine rings is 1. The lowest BCUT2D eigenvalue weighted by molar-refractivity contribution is 0.0325. The fourth-order valence-electron chi connectivity index (χ4n) is 2.70. The number of hydrogen-bond donors (Lipinski definition) is 1. The average Bonchev–Trinajstić information content (AvgIpc) is 2.36. The van der Waals surface area contributed by atoms with Gasteiger partial charge in [0.1, 0.15) is 0 Å². The maximum Gasteiger partial charge on any atom is 0.0594 e. The smallest absolute Gasteiger partial charge is 0.0594 e. The zero-order chi connectivity index (χ0) is 12.8. The summed E-state index contributed by atoms with van der Waals surface area (Å²) >= 11 is 0. The Bertz CT molecular complexity index is 239. The Morgan fingerprint density at radius 3 is 2.39 bits per heavy atom. The second kappa shape index (κ2) is 6.85. The summed E-state index contributed by atoms with van der Waals surface area (Å²) in [4.78, 5) is 5.17. The predicted octanol–water partition coefficient (Wildman–Crippen LogP) is 0.783. The van der Waals surface area contributed by atoms with Crippen molar-refractivity contribution in [1.29, 1.82) is 0 Å². The van der Waals surface area contributed by atoms with Crippen LogP contribution in [-0.2, 0) is 4.74 Å². The molecule has 0 aliphatic carbocycles. The number of rotatable bonds is 3. The molecular weight excluding hydrogens is 226 g/mol. The van der Waals surface area contributed by atoms with Crippen molar-refractivity contribution in [3.63, 3.8) is 0 Å². The van der Waals surface area contributed by atoms with E-state index in [1.165, 1.54) is 39.0 Å². The molecule has 0 saturated carbocycles. The number of ether oxygens (including phenoxy) is 1. The molecule has 0 bridgehead atoms. The molecule has 2 heterocycles. The standard InChI is InChI=1S/C14H29N3O/c1-14(2)4-7-16(6-3-5-15-14)8-9-17-10-12-18-13-11-17/h15H,3-13H2,1-2H3. The maximum atomic E-state index is 5.39. The molecule has 0 amide bonds. The summed E-state index contributed by atoms with van der Waals surface area (Å²) < 4.78 is 5.39. The van der Waals surface area contributed by atoms with Crippen LogP contribution in [0.1, 0.15) is 26.7 Å². The van der Waals surface area contributed by atoms with E-state index in [4.69, 9.17) is 4.74 Å². The summed E-state index contributed by atoms with van der Waals surface area (Å²) in [6.07, 6.45) is 2.52. The third-order valence-corrected chi connectivity index (χ3v) is 4.14. The van der Waals surface area contributed by atoms with Crippen molar-refractivity contribution in [1.82, 2.24) is 15.1 Å². The van der Waals surface area contributed by atoms with Crippen molar-refractivity contribution in [2.45, 2.75) is 32.2 Å². The molecule has 2 fully saturated rings. The van der Waals surface area contributed by atoms with Gasteiger partial charge in [-0.3, -0.25) is 4.90 Å². The Balaban J connectivity index is 1.70. The minimum absolute atomic E-state index is 0.303. The van der Waals surface area contributed by atoms with Crippen LogP contribution in [0.5, 0.6) is 0 Å². The number of hydrogen-bond acceptors (Lipinski definition) is 4. The third kappa shape index (κ3) is 4.84. The molecule has 0 aromatic rings. The van der Waals surface area contributed by atoms with Crippen LogP contribution in [0.4, 0.5) is 0 Å². The topological polar surface area (TPSA) is 27.7 Å². The second-order valence-electron chi connectivity index (χ2n) is 6.21. The predicted molar refractivity (Wildman–Crippen MR) is 75.0 cm³/mol. The highest BCUT2D eigenvalue weighted by Crippen LogP contribution is 2.12. The summed E-state index contributed by atoms with van der Waals surface area (Å²) in [6, 6.07) is 0. The zero-order valence-corrected chi connectivity index (χ0v) is 12.1. The molecule has 2 aliphatic rings. The van der Waals surface area contributed by atoms with Crippen molar-refractivity contribution in [3.8, 4) is 0 Å². The summed E-state index contributed by atoms with van der Waals surface area (Å²) in [5, 5.41) is 3.63. The highest BCUT2D eigenvalue weighted by molar-refractivity contribution is 4.81. The fourth-order valence-corrected chi connectivity index (χ4v) is 2.70. The van der Waals surface area contributed by atoms with E-state index in [0.717, 1.165) is 32.8 Å². The van der Waals surface area contributed by atoms with Crippen molar-refractivity contribution in [2.24, 2.45) is 0 Å². The lowest BCUT2D eigenvalue weighted by Crippen LogP contribution is -2.48. The molecule has 1 N–H and O–H groups in total. The van der Waals surface area contributed by atoms with Crippen LogP contribution >= 0.6 is 0 Å². The largest absolute Gasteiger partial charge is 0.379 e. The van der Waals surface area contributed by atoms with E-state index in [1.54, 1.807) is 0 Å². The fraction of sp³-hybridized carbons (Fsp3) is 1.00. The van der Waals surface area contributed by atoms with Gasteiger partial charge in [0.2, 0.25) is 0 Å². The van der Waals surface area contributed by atoms with Crippen molar-refractivity contribution < 1.29 is 4.74 Å². The summed E-state index contributed by atoms with van der Waals surface area (Å²) in [5.41, 5.74) is 0.303. The van der Waals surface area contributed by atoms with E-state index >= 15 is 0 Å². The normalized spacial score (nSPS) is 27.7. The molecule has 0 aromatic heterocycles. The number of nitrogens with one attached hydrogen (secondary N) is 1. The van der Waals surface area contributed by atoms with Crippen LogP contribution in [0.25, 0.3) is 0 Å². The molecule has 18 heavy (non-hydrogen) atoms. The lowest BCUT2D eigenvalue weighted by atomic mass is 9.99. The van der Waals surface area contributed by atoms with Crippen LogP contribution in [-0.4, -0.2) is 74.4 Å². The van der Waals surface area contributed by atoms with E-state index in [0.29, 0.717) is 5.54 Å². The molecule has 0 unspecified atom stereocenters. The molecule has 4 heteroatoms. The van der Waals surface area contributed by atoms with E-state index in [9.17, 15) is 0 Å². The quantitative estimate of drug-likeness (QED) is 0.807. The zero-order valence-electron chi connectivity index (χ0n) is 12.1. The molecule has 0 aromatic carbocycles. The first-order chi connectivity index (χ1) is 8.66. The average molecular weight is 255 g/mol. The van der Waals surface area contributed by atoms with Crippen molar-refractivity contribution in [3.05, 3.63) is 0 Å². The van der Waals surface area contributed by atoms with Crippen LogP contribution in [0.3, 0.4) is 0 Å². The first-order valence-corrected chi connectivity index (χ1v) is 7.43. The first kappa shape index (κ1) is 14.3. The third-order valence-electron chi connectivity index (χ3n) is 4.14. The van der Waals surface area contributed by atoms with Gasteiger partial charge in [0.15, 0.2) is 0 Å². The molecule has 2 aliphatic heterocycles. The van der Waals surface area contributed by atoms with Gasteiger partial charge >= 0.3 is 0 Å². The van der Waals surface area contributed by atoms with Crippen molar-refractivity contribution >= 4 is 0 Å². The van der Waals surface area contributed by atoms with Crippen LogP contribution in [0.15, 0.2) is 0 Å². The Morgan fingerprint density at radius 1 is 1.00 bits per heavy atom. The van der Waals surface area contributed by atoms with Crippen molar-refractivity contribution in [2.75, 3.05) is 59.0 Å². The second-order valence-corrected chi connectivity index (χ2v) is 6.21. The Labute approximate surface area is 112 Å². The molecule has 4 nitrogen and oxygen atoms in total. The molecule has 0 radical (unpaired) electrons. The minimum atomic E-state index is 0.303. The van der Waals surface area contributed by atoms with Gasteiger partial charge in [0.05, 0.1) is 13.2 Å². The van der Waals surface area contributed by atoms with Gasteiger partial charge in [-0.05, 0) is 46.3 Å². The molecule has 106 valence electrons.